The molecule has 1 saturated heterocycles. The molecule has 13 heteroatoms. The zero-order valence-corrected chi connectivity index (χ0v) is 24.5. The van der Waals surface area contributed by atoms with Crippen molar-refractivity contribution in [2.24, 2.45) is 5.92 Å². The van der Waals surface area contributed by atoms with Crippen molar-refractivity contribution in [2.75, 3.05) is 10.2 Å². The van der Waals surface area contributed by atoms with Crippen LogP contribution in [0.4, 0.5) is 15.8 Å². The lowest BCUT2D eigenvalue weighted by Crippen LogP contribution is -2.33. The number of anilines is 2. The molecule has 1 aromatic heterocycles. The van der Waals surface area contributed by atoms with Crippen molar-refractivity contribution in [3.05, 3.63) is 108 Å². The molecule has 7 nitrogen and oxygen atoms in total. The van der Waals surface area contributed by atoms with E-state index in [1.165, 1.54) is 28.8 Å². The topological polar surface area (TPSA) is 88.5 Å². The Hall–Kier alpha value is -3.15. The molecule has 0 bridgehead atoms. The second kappa shape index (κ2) is 10.9. The fraction of sp³-hybridized carbons (Fsp3) is 0.143. The summed E-state index contributed by atoms with van der Waals surface area (Å²) in [7, 11) is 0. The van der Waals surface area contributed by atoms with Gasteiger partial charge in [-0.15, -0.1) is 0 Å². The van der Waals surface area contributed by atoms with Crippen LogP contribution in [-0.2, 0) is 20.9 Å². The van der Waals surface area contributed by atoms with Gasteiger partial charge in [0.1, 0.15) is 17.6 Å². The van der Waals surface area contributed by atoms with Crippen molar-refractivity contribution in [3.8, 4) is 0 Å². The molecule has 1 fully saturated rings. The number of fused-ring (bicyclic) bond motifs is 2. The lowest BCUT2D eigenvalue weighted by atomic mass is 9.83. The van der Waals surface area contributed by atoms with Crippen LogP contribution in [0.2, 0.25) is 15.1 Å². The number of aromatic nitrogens is 1. The number of imide groups is 1. The zero-order chi connectivity index (χ0) is 29.0. The Balaban J connectivity index is 1.40. The molecule has 0 spiro atoms. The number of thiazole rings is 1. The Morgan fingerprint density at radius 2 is 1.61 bits per heavy atom. The fourth-order valence-corrected chi connectivity index (χ4v) is 8.24. The Kier molecular flexibility index (Phi) is 7.46. The van der Waals surface area contributed by atoms with E-state index >= 15 is 0 Å². The van der Waals surface area contributed by atoms with Gasteiger partial charge in [0.2, 0.25) is 17.7 Å². The monoisotopic (exact) mass is 647 g/mol. The van der Waals surface area contributed by atoms with Crippen molar-refractivity contribution in [1.82, 2.24) is 4.57 Å². The first-order valence-electron chi connectivity index (χ1n) is 12.2. The molecule has 6 rings (SSSR count). The van der Waals surface area contributed by atoms with E-state index in [0.29, 0.717) is 36.9 Å². The van der Waals surface area contributed by atoms with Crippen LogP contribution in [-0.4, -0.2) is 27.5 Å². The second-order valence-electron chi connectivity index (χ2n) is 9.38. The van der Waals surface area contributed by atoms with Gasteiger partial charge in [0.05, 0.1) is 26.7 Å². The standard InChI is InChI=1S/C28H17Cl3FN3O4S2/c29-14-3-8-17(9-4-14)35-25(37)22-21(13-1-5-15(32)6-2-13)24-27(40-23(22)26(35)38)34(28(39)41-24)12-20(36)33-16-7-10-18(30)19(31)11-16/h1-11,21-23H,12H2,(H,33,36)/t21-,22?,23?/m1/s1. The predicted molar refractivity (Wildman–Crippen MR) is 159 cm³/mol. The van der Waals surface area contributed by atoms with Gasteiger partial charge in [-0.25, -0.2) is 9.29 Å². The van der Waals surface area contributed by atoms with Gasteiger partial charge in [-0.1, -0.05) is 70.0 Å². The minimum absolute atomic E-state index is 0.257. The summed E-state index contributed by atoms with van der Waals surface area (Å²) >= 11 is 20.0. The number of carbonyl (C=O) groups is 3. The van der Waals surface area contributed by atoms with Crippen LogP contribution in [0.15, 0.2) is 76.6 Å². The Bertz CT molecular complexity index is 1780. The van der Waals surface area contributed by atoms with Crippen LogP contribution < -0.4 is 15.1 Å². The summed E-state index contributed by atoms with van der Waals surface area (Å²) in [5, 5.41) is 3.28. The maximum Gasteiger partial charge on any atom is 0.308 e. The van der Waals surface area contributed by atoms with Crippen LogP contribution in [0, 0.1) is 11.7 Å². The molecule has 2 unspecified atom stereocenters. The first-order chi connectivity index (χ1) is 19.6. The summed E-state index contributed by atoms with van der Waals surface area (Å²) in [6.45, 7) is -0.339. The highest BCUT2D eigenvalue weighted by molar-refractivity contribution is 8.00. The van der Waals surface area contributed by atoms with Crippen molar-refractivity contribution in [1.29, 1.82) is 0 Å². The molecule has 3 heterocycles. The van der Waals surface area contributed by atoms with Crippen LogP contribution in [0.5, 0.6) is 0 Å². The molecule has 0 saturated carbocycles. The van der Waals surface area contributed by atoms with E-state index in [1.807, 2.05) is 0 Å². The maximum absolute atomic E-state index is 13.9. The summed E-state index contributed by atoms with van der Waals surface area (Å²) in [5.41, 5.74) is 1.35. The quantitative estimate of drug-likeness (QED) is 0.252. The van der Waals surface area contributed by atoms with E-state index < -0.39 is 45.5 Å². The van der Waals surface area contributed by atoms with E-state index in [4.69, 9.17) is 34.8 Å². The van der Waals surface area contributed by atoms with E-state index in [9.17, 15) is 23.6 Å². The van der Waals surface area contributed by atoms with E-state index in [2.05, 4.69) is 5.32 Å². The lowest BCUT2D eigenvalue weighted by Gasteiger charge is -2.30. The van der Waals surface area contributed by atoms with E-state index in [0.717, 1.165) is 28.0 Å². The summed E-state index contributed by atoms with van der Waals surface area (Å²) in [6.07, 6.45) is 0. The third-order valence-electron chi connectivity index (χ3n) is 6.87. The molecule has 3 amide bonds. The fourth-order valence-electron chi connectivity index (χ4n) is 5.05. The van der Waals surface area contributed by atoms with Gasteiger partial charge < -0.3 is 5.32 Å². The van der Waals surface area contributed by atoms with Crippen molar-refractivity contribution >= 4 is 87.0 Å². The number of carbonyl (C=O) groups excluding carboxylic acids is 3. The summed E-state index contributed by atoms with van der Waals surface area (Å²) in [4.78, 5) is 55.0. The van der Waals surface area contributed by atoms with Gasteiger partial charge in [0, 0.05) is 21.5 Å². The average molecular weight is 649 g/mol. The van der Waals surface area contributed by atoms with Gasteiger partial charge in [-0.2, -0.15) is 0 Å². The Labute approximate surface area is 255 Å². The molecule has 0 aliphatic carbocycles. The molecule has 3 aromatic carbocycles. The van der Waals surface area contributed by atoms with E-state index in [1.54, 1.807) is 42.5 Å². The number of thioether (sulfide) groups is 1. The van der Waals surface area contributed by atoms with Crippen molar-refractivity contribution in [2.45, 2.75) is 22.7 Å². The van der Waals surface area contributed by atoms with Crippen molar-refractivity contribution in [3.63, 3.8) is 0 Å². The SMILES string of the molecule is O=C(Cn1c2c(sc1=O)[C@H](c1ccc(F)cc1)C1C(=O)N(c3ccc(Cl)cc3)C(=O)C1S2)Nc1ccc(Cl)c(Cl)c1. The minimum atomic E-state index is -0.876. The summed E-state index contributed by atoms with van der Waals surface area (Å²) in [6, 6.07) is 16.6. The smallest absolute Gasteiger partial charge is 0.308 e. The largest absolute Gasteiger partial charge is 0.324 e. The van der Waals surface area contributed by atoms with Gasteiger partial charge >= 0.3 is 4.87 Å². The van der Waals surface area contributed by atoms with Crippen LogP contribution in [0.3, 0.4) is 0 Å². The third-order valence-corrected chi connectivity index (χ3v) is 10.5. The molecular weight excluding hydrogens is 632 g/mol. The zero-order valence-electron chi connectivity index (χ0n) is 20.6. The molecule has 0 radical (unpaired) electrons. The van der Waals surface area contributed by atoms with Gasteiger partial charge in [-0.3, -0.25) is 23.7 Å². The number of rotatable bonds is 5. The number of nitrogens with one attached hydrogen (secondary N) is 1. The number of hydrogen-bond donors (Lipinski definition) is 1. The third kappa shape index (κ3) is 5.08. The highest BCUT2D eigenvalue weighted by atomic mass is 35.5. The van der Waals surface area contributed by atoms with Crippen LogP contribution >= 0.6 is 57.9 Å². The predicted octanol–water partition coefficient (Wildman–Crippen LogP) is 6.44. The van der Waals surface area contributed by atoms with Crippen LogP contribution in [0.25, 0.3) is 0 Å². The number of nitrogens with zero attached hydrogens (tertiary/aromatic N) is 2. The molecular formula is C28H17Cl3FN3O4S2. The number of benzene rings is 3. The van der Waals surface area contributed by atoms with Crippen LogP contribution in [0.1, 0.15) is 16.4 Å². The van der Waals surface area contributed by atoms with Crippen molar-refractivity contribution < 1.29 is 18.8 Å². The molecule has 3 atom stereocenters. The Morgan fingerprint density at radius 1 is 0.902 bits per heavy atom. The number of amides is 3. The molecule has 2 aliphatic rings. The molecule has 4 aromatic rings. The maximum atomic E-state index is 13.9. The lowest BCUT2D eigenvalue weighted by molar-refractivity contribution is -0.122. The van der Waals surface area contributed by atoms with Gasteiger partial charge in [0.15, 0.2) is 0 Å². The number of halogens is 4. The minimum Gasteiger partial charge on any atom is -0.324 e. The highest BCUT2D eigenvalue weighted by Gasteiger charge is 2.56. The molecule has 2 aliphatic heterocycles. The molecule has 41 heavy (non-hydrogen) atoms. The summed E-state index contributed by atoms with van der Waals surface area (Å²) in [5.74, 6) is -3.39. The van der Waals surface area contributed by atoms with E-state index in [-0.39, 0.29) is 11.6 Å². The molecule has 1 N–H and O–H groups in total. The molecule has 208 valence electrons. The van der Waals surface area contributed by atoms with Gasteiger partial charge in [-0.05, 0) is 60.2 Å². The Morgan fingerprint density at radius 3 is 2.29 bits per heavy atom. The summed E-state index contributed by atoms with van der Waals surface area (Å²) < 4.78 is 15.2. The van der Waals surface area contributed by atoms with Gasteiger partial charge in [0.25, 0.3) is 0 Å². The normalized spacial score (nSPS) is 19.7. The number of hydrogen-bond acceptors (Lipinski definition) is 6. The first kappa shape index (κ1) is 28.0. The first-order valence-corrected chi connectivity index (χ1v) is 15.0. The average Bonchev–Trinajstić information content (AvgIpc) is 3.38. The second-order valence-corrected chi connectivity index (χ2v) is 12.8. The highest BCUT2D eigenvalue weighted by Crippen LogP contribution is 2.53.